The maximum Gasteiger partial charge on any atom is 0.327 e. The van der Waals surface area contributed by atoms with Crippen molar-refractivity contribution in [1.82, 2.24) is 0 Å². The van der Waals surface area contributed by atoms with E-state index in [1.165, 1.54) is 6.92 Å². The minimum Gasteiger partial charge on any atom is -0.283 e. The van der Waals surface area contributed by atoms with Crippen molar-refractivity contribution in [2.24, 2.45) is 0 Å². The summed E-state index contributed by atoms with van der Waals surface area (Å²) < 4.78 is 39.1. The third kappa shape index (κ3) is 1.07. The summed E-state index contributed by atoms with van der Waals surface area (Å²) in [7, 11) is 0. The average Bonchev–Trinajstić information content (AvgIpc) is 2.40. The summed E-state index contributed by atoms with van der Waals surface area (Å²) in [5.41, 5.74) is -1.35. The van der Waals surface area contributed by atoms with E-state index in [9.17, 15) is 22.9 Å². The quantitative estimate of drug-likeness (QED) is 0.487. The van der Waals surface area contributed by atoms with Crippen LogP contribution in [0.2, 0.25) is 0 Å². The van der Waals surface area contributed by atoms with Crippen molar-refractivity contribution in [3.8, 4) is 0 Å². The molecule has 0 saturated heterocycles. The van der Waals surface area contributed by atoms with E-state index >= 15 is 0 Å². The van der Waals surface area contributed by atoms with Crippen LogP contribution in [0, 0.1) is 18.6 Å². The molecule has 0 bridgehead atoms. The van der Waals surface area contributed by atoms with Crippen LogP contribution in [0.15, 0.2) is 6.07 Å². The van der Waals surface area contributed by atoms with E-state index in [0.717, 1.165) is 6.07 Å². The number of aryl methyl sites for hydroxylation is 1. The molecule has 0 radical (unpaired) electrons. The lowest BCUT2D eigenvalue weighted by Crippen LogP contribution is -2.21. The molecule has 1 aliphatic heterocycles. The summed E-state index contributed by atoms with van der Waals surface area (Å²) in [5, 5.41) is -0.463. The van der Waals surface area contributed by atoms with Crippen molar-refractivity contribution in [2.75, 3.05) is 5.12 Å². The molecule has 78 valence electrons. The first-order chi connectivity index (χ1) is 6.95. The van der Waals surface area contributed by atoms with Crippen LogP contribution < -0.4 is 5.12 Å². The van der Waals surface area contributed by atoms with Crippen LogP contribution in [0.1, 0.15) is 15.9 Å². The fourth-order valence-electron chi connectivity index (χ4n) is 1.50. The van der Waals surface area contributed by atoms with E-state index in [2.05, 4.69) is 0 Å². The molecular weight excluding hydrogens is 211 g/mol. The van der Waals surface area contributed by atoms with Gasteiger partial charge in [-0.15, -0.1) is 5.12 Å². The molecule has 2 rings (SSSR count). The topological polar surface area (TPSA) is 37.4 Å². The first kappa shape index (κ1) is 9.70. The summed E-state index contributed by atoms with van der Waals surface area (Å²) in [5.74, 6) is -5.64. The number of rotatable bonds is 0. The Bertz CT molecular complexity index is 499. The number of fused-ring (bicyclic) bond motifs is 1. The lowest BCUT2D eigenvalue weighted by atomic mass is 10.1. The van der Waals surface area contributed by atoms with E-state index in [0.29, 0.717) is 0 Å². The molecule has 0 fully saturated rings. The summed E-state index contributed by atoms with van der Waals surface area (Å²) >= 11 is 0. The Balaban J connectivity index is 2.84. The maximum atomic E-state index is 13.1. The van der Waals surface area contributed by atoms with E-state index in [1.807, 2.05) is 0 Å². The molecule has 0 spiro atoms. The first-order valence-corrected chi connectivity index (χ1v) is 3.98. The second-order valence-electron chi connectivity index (χ2n) is 3.13. The van der Waals surface area contributed by atoms with Gasteiger partial charge in [-0.1, -0.05) is 4.48 Å². The van der Waals surface area contributed by atoms with Gasteiger partial charge < -0.3 is 0 Å². The zero-order valence-electron chi connectivity index (χ0n) is 7.47. The molecule has 15 heavy (non-hydrogen) atoms. The minimum atomic E-state index is -1.50. The molecule has 3 nitrogen and oxygen atoms in total. The fraction of sp³-hybridized carbons (Fsp3) is 0.111. The number of amides is 1. The number of anilines is 1. The first-order valence-electron chi connectivity index (χ1n) is 3.98. The highest BCUT2D eigenvalue weighted by atomic mass is 19.2. The van der Waals surface area contributed by atoms with Gasteiger partial charge in [0.2, 0.25) is 0 Å². The summed E-state index contributed by atoms with van der Waals surface area (Å²) in [6.07, 6.45) is 0. The number of ketones is 1. The van der Waals surface area contributed by atoms with Crippen LogP contribution in [-0.4, -0.2) is 11.7 Å². The molecule has 0 N–H and O–H groups in total. The molecule has 1 aromatic rings. The van der Waals surface area contributed by atoms with E-state index < -0.39 is 39.7 Å². The van der Waals surface area contributed by atoms with Gasteiger partial charge in [0, 0.05) is 0 Å². The van der Waals surface area contributed by atoms with Crippen molar-refractivity contribution in [2.45, 2.75) is 6.92 Å². The molecule has 6 heteroatoms. The van der Waals surface area contributed by atoms with Crippen molar-refractivity contribution in [3.05, 3.63) is 28.8 Å². The average molecular weight is 215 g/mol. The third-order valence-corrected chi connectivity index (χ3v) is 2.18. The summed E-state index contributed by atoms with van der Waals surface area (Å²) in [6, 6.07) is 0.729. The van der Waals surface area contributed by atoms with Gasteiger partial charge in [0.1, 0.15) is 0 Å². The van der Waals surface area contributed by atoms with E-state index in [-0.39, 0.29) is 5.56 Å². The number of halogens is 3. The second-order valence-corrected chi connectivity index (χ2v) is 3.13. The fourth-order valence-corrected chi connectivity index (χ4v) is 1.50. The Hall–Kier alpha value is -1.85. The van der Waals surface area contributed by atoms with Gasteiger partial charge >= 0.3 is 5.91 Å². The number of hydrogen-bond acceptors (Lipinski definition) is 2. The molecule has 1 aliphatic rings. The molecule has 0 aromatic heterocycles. The lowest BCUT2D eigenvalue weighted by Gasteiger charge is -2.07. The zero-order valence-corrected chi connectivity index (χ0v) is 7.47. The Morgan fingerprint density at radius 2 is 1.87 bits per heavy atom. The van der Waals surface area contributed by atoms with Gasteiger partial charge in [-0.25, -0.2) is 8.78 Å². The smallest absolute Gasteiger partial charge is 0.283 e. The Morgan fingerprint density at radius 1 is 1.27 bits per heavy atom. The number of Topliss-reactive ketones (excluding diaryl/α,β-unsaturated/α-hetero) is 1. The van der Waals surface area contributed by atoms with Crippen molar-refractivity contribution < 1.29 is 22.9 Å². The van der Waals surface area contributed by atoms with Gasteiger partial charge in [-0.2, -0.15) is 0 Å². The highest BCUT2D eigenvalue weighted by Gasteiger charge is 2.41. The van der Waals surface area contributed by atoms with Crippen molar-refractivity contribution >= 4 is 17.4 Å². The van der Waals surface area contributed by atoms with Crippen molar-refractivity contribution in [3.63, 3.8) is 0 Å². The standard InChI is InChI=1S/C9H4F3NO2/c1-3-2-4(10)6(11)5-7(3)13(12)9(15)8(5)14/h2H,1H3. The molecule has 0 aliphatic carbocycles. The van der Waals surface area contributed by atoms with Gasteiger partial charge in [-0.05, 0) is 18.6 Å². The van der Waals surface area contributed by atoms with Gasteiger partial charge in [0.15, 0.2) is 11.6 Å². The Morgan fingerprint density at radius 3 is 2.47 bits per heavy atom. The van der Waals surface area contributed by atoms with Crippen LogP contribution in [0.5, 0.6) is 0 Å². The predicted octanol–water partition coefficient (Wildman–Crippen LogP) is 1.69. The van der Waals surface area contributed by atoms with Crippen LogP contribution in [0.25, 0.3) is 0 Å². The largest absolute Gasteiger partial charge is 0.327 e. The highest BCUT2D eigenvalue weighted by molar-refractivity contribution is 6.51. The SMILES string of the molecule is Cc1cc(F)c(F)c2c1N(F)C(=O)C2=O. The highest BCUT2D eigenvalue weighted by Crippen LogP contribution is 2.35. The maximum absolute atomic E-state index is 13.1. The number of nitrogens with zero attached hydrogens (tertiary/aromatic N) is 1. The van der Waals surface area contributed by atoms with Crippen LogP contribution in [0.4, 0.5) is 18.9 Å². The van der Waals surface area contributed by atoms with Gasteiger partial charge in [-0.3, -0.25) is 9.59 Å². The number of hydrogen-bond donors (Lipinski definition) is 0. The zero-order chi connectivity index (χ0) is 11.3. The summed E-state index contributed by atoms with van der Waals surface area (Å²) in [6.45, 7) is 1.28. The normalized spacial score (nSPS) is 14.8. The predicted molar refractivity (Wildman–Crippen MR) is 44.0 cm³/mol. The van der Waals surface area contributed by atoms with Crippen LogP contribution in [-0.2, 0) is 4.79 Å². The molecule has 0 unspecified atom stereocenters. The minimum absolute atomic E-state index is 0.00870. The van der Waals surface area contributed by atoms with E-state index in [4.69, 9.17) is 0 Å². The van der Waals surface area contributed by atoms with Gasteiger partial charge in [0.05, 0.1) is 11.3 Å². The molecule has 1 amide bonds. The Labute approximate surface area is 82.0 Å². The number of carbonyl (C=O) groups is 2. The molecule has 0 saturated carbocycles. The second kappa shape index (κ2) is 2.82. The monoisotopic (exact) mass is 215 g/mol. The lowest BCUT2D eigenvalue weighted by molar-refractivity contribution is -0.116. The number of carbonyl (C=O) groups excluding carboxylic acids is 2. The molecule has 0 atom stereocenters. The van der Waals surface area contributed by atoms with Gasteiger partial charge in [0.25, 0.3) is 5.78 Å². The van der Waals surface area contributed by atoms with Crippen molar-refractivity contribution in [1.29, 1.82) is 0 Å². The Kier molecular flexibility index (Phi) is 1.82. The summed E-state index contributed by atoms with van der Waals surface area (Å²) in [4.78, 5) is 22.0. The van der Waals surface area contributed by atoms with E-state index in [1.54, 1.807) is 0 Å². The molecule has 1 heterocycles. The molecule has 1 aromatic carbocycles. The molecular formula is C9H4F3NO2. The van der Waals surface area contributed by atoms with Crippen LogP contribution in [0.3, 0.4) is 0 Å². The number of benzene rings is 1. The third-order valence-electron chi connectivity index (χ3n) is 2.18. The van der Waals surface area contributed by atoms with Crippen LogP contribution >= 0.6 is 0 Å².